The summed E-state index contributed by atoms with van der Waals surface area (Å²) < 4.78 is 25.3. The molecule has 1 N–H and O–H groups in total. The van der Waals surface area contributed by atoms with Crippen molar-refractivity contribution in [3.05, 3.63) is 45.1 Å². The van der Waals surface area contributed by atoms with Gasteiger partial charge in [0.25, 0.3) is 5.56 Å². The summed E-state index contributed by atoms with van der Waals surface area (Å²) in [6, 6.07) is 5.65. The number of fused-ring (bicyclic) bond motifs is 1. The van der Waals surface area contributed by atoms with Crippen LogP contribution in [-0.2, 0) is 32.5 Å². The van der Waals surface area contributed by atoms with E-state index in [0.717, 1.165) is 4.57 Å². The highest BCUT2D eigenvalue weighted by molar-refractivity contribution is 7.91. The third kappa shape index (κ3) is 4.30. The van der Waals surface area contributed by atoms with Crippen LogP contribution in [0.4, 0.5) is 0 Å². The number of benzene rings is 1. The molecule has 0 saturated carbocycles. The SMILES string of the molecule is CCn1c(=O)c2ccccc2n(CC(=O)NC(C)C(=O)N2CCS(=O)(=O)CC2)c1=O. The smallest absolute Gasteiger partial charge is 0.331 e. The van der Waals surface area contributed by atoms with Crippen molar-refractivity contribution >= 4 is 32.6 Å². The number of aromatic nitrogens is 2. The first-order valence-electron chi connectivity index (χ1n) is 9.65. The molecule has 0 aliphatic carbocycles. The number of rotatable bonds is 5. The normalized spacial score (nSPS) is 16.9. The first kappa shape index (κ1) is 21.8. The molecule has 162 valence electrons. The van der Waals surface area contributed by atoms with Crippen LogP contribution in [0, 0.1) is 0 Å². The summed E-state index contributed by atoms with van der Waals surface area (Å²) in [6.45, 7) is 3.17. The average molecular weight is 436 g/mol. The van der Waals surface area contributed by atoms with Gasteiger partial charge in [-0.2, -0.15) is 0 Å². The number of sulfone groups is 1. The van der Waals surface area contributed by atoms with Gasteiger partial charge in [0.1, 0.15) is 12.6 Å². The molecule has 0 spiro atoms. The Bertz CT molecular complexity index is 1200. The Kier molecular flexibility index (Phi) is 6.11. The summed E-state index contributed by atoms with van der Waals surface area (Å²) >= 11 is 0. The van der Waals surface area contributed by atoms with Gasteiger partial charge in [0.15, 0.2) is 9.84 Å². The molecule has 1 aliphatic heterocycles. The van der Waals surface area contributed by atoms with Gasteiger partial charge < -0.3 is 10.2 Å². The van der Waals surface area contributed by atoms with Crippen molar-refractivity contribution in [2.24, 2.45) is 0 Å². The zero-order valence-corrected chi connectivity index (χ0v) is 17.6. The minimum absolute atomic E-state index is 0.0902. The lowest BCUT2D eigenvalue weighted by Gasteiger charge is -2.29. The molecule has 1 aliphatic rings. The summed E-state index contributed by atoms with van der Waals surface area (Å²) in [4.78, 5) is 51.7. The molecule has 3 rings (SSSR count). The van der Waals surface area contributed by atoms with E-state index in [9.17, 15) is 27.6 Å². The Hall–Kier alpha value is -2.95. The van der Waals surface area contributed by atoms with Crippen LogP contribution in [0.3, 0.4) is 0 Å². The maximum atomic E-state index is 12.7. The van der Waals surface area contributed by atoms with Gasteiger partial charge >= 0.3 is 5.69 Å². The molecule has 1 aromatic carbocycles. The minimum atomic E-state index is -3.12. The van der Waals surface area contributed by atoms with E-state index in [1.54, 1.807) is 31.2 Å². The van der Waals surface area contributed by atoms with E-state index in [1.807, 2.05) is 0 Å². The fraction of sp³-hybridized carbons (Fsp3) is 0.474. The number of nitrogens with zero attached hydrogens (tertiary/aromatic N) is 3. The molecule has 2 aromatic rings. The highest BCUT2D eigenvalue weighted by Gasteiger charge is 2.28. The monoisotopic (exact) mass is 436 g/mol. The Morgan fingerprint density at radius 2 is 1.73 bits per heavy atom. The highest BCUT2D eigenvalue weighted by Crippen LogP contribution is 2.08. The quantitative estimate of drug-likeness (QED) is 0.637. The lowest BCUT2D eigenvalue weighted by Crippen LogP contribution is -2.52. The minimum Gasteiger partial charge on any atom is -0.343 e. The standard InChI is InChI=1S/C19H24N4O6S/c1-3-22-18(26)14-6-4-5-7-15(14)23(19(22)27)12-16(24)20-13(2)17(25)21-8-10-30(28,29)11-9-21/h4-7,13H,3,8-12H2,1-2H3,(H,20,24). The van der Waals surface area contributed by atoms with Crippen molar-refractivity contribution in [1.82, 2.24) is 19.4 Å². The zero-order valence-electron chi connectivity index (χ0n) is 16.8. The molecular formula is C19H24N4O6S. The van der Waals surface area contributed by atoms with Crippen molar-refractivity contribution in [1.29, 1.82) is 0 Å². The molecule has 1 saturated heterocycles. The van der Waals surface area contributed by atoms with Gasteiger partial charge in [-0.15, -0.1) is 0 Å². The Labute approximate surface area is 173 Å². The van der Waals surface area contributed by atoms with Crippen LogP contribution in [0.2, 0.25) is 0 Å². The summed E-state index contributed by atoms with van der Waals surface area (Å²) in [5, 5.41) is 2.89. The number of amides is 2. The first-order valence-corrected chi connectivity index (χ1v) is 11.5. The van der Waals surface area contributed by atoms with Crippen molar-refractivity contribution in [3.63, 3.8) is 0 Å². The Balaban J connectivity index is 1.78. The highest BCUT2D eigenvalue weighted by atomic mass is 32.2. The van der Waals surface area contributed by atoms with Gasteiger partial charge in [0.2, 0.25) is 11.8 Å². The second kappa shape index (κ2) is 8.42. The maximum absolute atomic E-state index is 12.7. The van der Waals surface area contributed by atoms with Crippen LogP contribution in [0.15, 0.2) is 33.9 Å². The summed E-state index contributed by atoms with van der Waals surface area (Å²) in [7, 11) is -3.12. The second-order valence-electron chi connectivity index (χ2n) is 7.20. The molecule has 0 bridgehead atoms. The van der Waals surface area contributed by atoms with Crippen LogP contribution in [0.25, 0.3) is 10.9 Å². The number of carbonyl (C=O) groups is 2. The molecule has 1 aromatic heterocycles. The zero-order chi connectivity index (χ0) is 22.1. The number of carbonyl (C=O) groups excluding carboxylic acids is 2. The largest absolute Gasteiger partial charge is 0.343 e. The van der Waals surface area contributed by atoms with E-state index in [2.05, 4.69) is 5.32 Å². The molecule has 10 nitrogen and oxygen atoms in total. The predicted molar refractivity (Wildman–Crippen MR) is 111 cm³/mol. The maximum Gasteiger partial charge on any atom is 0.331 e. The molecule has 0 radical (unpaired) electrons. The number of nitrogens with one attached hydrogen (secondary N) is 1. The van der Waals surface area contributed by atoms with Crippen LogP contribution < -0.4 is 16.6 Å². The van der Waals surface area contributed by atoms with E-state index in [4.69, 9.17) is 0 Å². The van der Waals surface area contributed by atoms with Crippen LogP contribution in [-0.4, -0.2) is 64.9 Å². The molecule has 2 heterocycles. The van der Waals surface area contributed by atoms with Crippen molar-refractivity contribution in [2.45, 2.75) is 33.0 Å². The molecule has 11 heteroatoms. The van der Waals surface area contributed by atoms with E-state index >= 15 is 0 Å². The summed E-state index contributed by atoms with van der Waals surface area (Å²) in [5.74, 6) is -1.14. The van der Waals surface area contributed by atoms with Gasteiger partial charge in [0.05, 0.1) is 22.4 Å². The average Bonchev–Trinajstić information content (AvgIpc) is 2.71. The van der Waals surface area contributed by atoms with Crippen molar-refractivity contribution in [3.8, 4) is 0 Å². The lowest BCUT2D eigenvalue weighted by atomic mass is 10.2. The van der Waals surface area contributed by atoms with E-state index in [1.165, 1.54) is 16.4 Å². The van der Waals surface area contributed by atoms with Crippen LogP contribution in [0.5, 0.6) is 0 Å². The van der Waals surface area contributed by atoms with Crippen LogP contribution >= 0.6 is 0 Å². The molecule has 2 amide bonds. The van der Waals surface area contributed by atoms with Crippen molar-refractivity contribution < 1.29 is 18.0 Å². The molecule has 1 fully saturated rings. The van der Waals surface area contributed by atoms with Gasteiger partial charge in [-0.25, -0.2) is 13.2 Å². The topological polar surface area (TPSA) is 128 Å². The predicted octanol–water partition coefficient (Wildman–Crippen LogP) is -1.06. The number of hydrogen-bond donors (Lipinski definition) is 1. The fourth-order valence-corrected chi connectivity index (χ4v) is 4.70. The molecule has 1 atom stereocenters. The van der Waals surface area contributed by atoms with Crippen LogP contribution in [0.1, 0.15) is 13.8 Å². The molecule has 30 heavy (non-hydrogen) atoms. The van der Waals surface area contributed by atoms with Gasteiger partial charge in [-0.05, 0) is 26.0 Å². The summed E-state index contributed by atoms with van der Waals surface area (Å²) in [5.41, 5.74) is -0.678. The number of hydrogen-bond acceptors (Lipinski definition) is 6. The van der Waals surface area contributed by atoms with Gasteiger partial charge in [-0.1, -0.05) is 12.1 Å². The third-order valence-electron chi connectivity index (χ3n) is 5.15. The summed E-state index contributed by atoms with van der Waals surface area (Å²) in [6.07, 6.45) is 0. The van der Waals surface area contributed by atoms with Gasteiger partial charge in [0, 0.05) is 19.6 Å². The molecule has 1 unspecified atom stereocenters. The van der Waals surface area contributed by atoms with E-state index in [-0.39, 0.29) is 43.6 Å². The van der Waals surface area contributed by atoms with E-state index < -0.39 is 33.0 Å². The van der Waals surface area contributed by atoms with E-state index in [0.29, 0.717) is 10.9 Å². The number of para-hydroxylation sites is 1. The second-order valence-corrected chi connectivity index (χ2v) is 9.51. The first-order chi connectivity index (χ1) is 14.1. The van der Waals surface area contributed by atoms with Crippen molar-refractivity contribution in [2.75, 3.05) is 24.6 Å². The third-order valence-corrected chi connectivity index (χ3v) is 6.76. The lowest BCUT2D eigenvalue weighted by molar-refractivity contribution is -0.135. The fourth-order valence-electron chi connectivity index (χ4n) is 3.50. The Morgan fingerprint density at radius 1 is 1.10 bits per heavy atom. The molecular weight excluding hydrogens is 412 g/mol. The Morgan fingerprint density at radius 3 is 2.37 bits per heavy atom. The van der Waals surface area contributed by atoms with Gasteiger partial charge in [-0.3, -0.25) is 23.5 Å².